The van der Waals surface area contributed by atoms with Gasteiger partial charge in [-0.15, -0.1) is 10.2 Å². The molecule has 224 valence electrons. The molecule has 11 nitrogen and oxygen atoms in total. The molecule has 2 amide bonds. The number of thioether (sulfide) groups is 1. The highest BCUT2D eigenvalue weighted by Crippen LogP contribution is 2.33. The average molecular weight is 604 g/mol. The van der Waals surface area contributed by atoms with Crippen molar-refractivity contribution in [3.05, 3.63) is 77.6 Å². The van der Waals surface area contributed by atoms with Crippen molar-refractivity contribution in [1.82, 2.24) is 20.1 Å². The van der Waals surface area contributed by atoms with Crippen LogP contribution in [0.3, 0.4) is 0 Å². The van der Waals surface area contributed by atoms with E-state index in [0.717, 1.165) is 18.5 Å². The van der Waals surface area contributed by atoms with Gasteiger partial charge in [0.2, 0.25) is 5.91 Å². The number of carbonyl (C=O) groups is 2. The topological polar surface area (TPSA) is 117 Å². The van der Waals surface area contributed by atoms with Crippen molar-refractivity contribution in [3.63, 3.8) is 0 Å². The molecular formula is C31H33N5O6S. The summed E-state index contributed by atoms with van der Waals surface area (Å²) >= 11 is 1.27. The van der Waals surface area contributed by atoms with Crippen LogP contribution < -0.4 is 29.2 Å². The number of anilines is 1. The Kier molecular flexibility index (Phi) is 9.35. The lowest BCUT2D eigenvalue weighted by Gasteiger charge is -2.29. The lowest BCUT2D eigenvalue weighted by Crippen LogP contribution is -2.36. The Morgan fingerprint density at radius 1 is 0.860 bits per heavy atom. The molecule has 0 saturated heterocycles. The molecule has 1 N–H and O–H groups in total. The van der Waals surface area contributed by atoms with Crippen molar-refractivity contribution in [1.29, 1.82) is 0 Å². The fourth-order valence-electron chi connectivity index (χ4n) is 4.96. The number of ether oxygens (including phenoxy) is 4. The first kappa shape index (κ1) is 29.8. The fourth-order valence-corrected chi connectivity index (χ4v) is 5.80. The van der Waals surface area contributed by atoms with Crippen LogP contribution in [0.15, 0.2) is 65.8 Å². The van der Waals surface area contributed by atoms with Crippen molar-refractivity contribution in [3.8, 4) is 28.7 Å². The fraction of sp³-hybridized carbons (Fsp3) is 0.290. The molecule has 3 aromatic carbocycles. The van der Waals surface area contributed by atoms with Crippen LogP contribution >= 0.6 is 11.8 Å². The number of aryl methyl sites for hydroxylation is 1. The van der Waals surface area contributed by atoms with Gasteiger partial charge in [0.25, 0.3) is 5.91 Å². The number of carbonyl (C=O) groups excluding carboxylic acids is 2. The number of hydrogen-bond donors (Lipinski definition) is 1. The standard InChI is InChI=1S/C31H33N5O6S/c1-39-22-12-14-25(40-2)24(17-22)36-28(18-32-30(38)21-11-13-26(41-3)27(16-21)42-4)33-34-31(36)43-19-29(37)35-15-7-9-20-8-5-6-10-23(20)35/h5-6,8,10-14,16-17H,7,9,15,18-19H2,1-4H3,(H,32,38). The lowest BCUT2D eigenvalue weighted by atomic mass is 10.0. The third-order valence-corrected chi connectivity index (χ3v) is 8.03. The summed E-state index contributed by atoms with van der Waals surface area (Å²) in [6.45, 7) is 0.717. The number of benzene rings is 3. The zero-order chi connectivity index (χ0) is 30.3. The average Bonchev–Trinajstić information content (AvgIpc) is 3.47. The molecule has 2 heterocycles. The molecule has 43 heavy (non-hydrogen) atoms. The quantitative estimate of drug-likeness (QED) is 0.251. The van der Waals surface area contributed by atoms with Crippen molar-refractivity contribution in [2.24, 2.45) is 0 Å². The molecular weight excluding hydrogens is 570 g/mol. The van der Waals surface area contributed by atoms with Gasteiger partial charge in [0.15, 0.2) is 22.5 Å². The summed E-state index contributed by atoms with van der Waals surface area (Å²) in [5.74, 6) is 2.35. The highest BCUT2D eigenvalue weighted by atomic mass is 32.2. The first-order valence-corrected chi connectivity index (χ1v) is 14.6. The zero-order valence-corrected chi connectivity index (χ0v) is 25.3. The van der Waals surface area contributed by atoms with Crippen LogP contribution in [-0.4, -0.2) is 67.3 Å². The normalized spacial score (nSPS) is 12.3. The monoisotopic (exact) mass is 603 g/mol. The molecule has 4 aromatic rings. The van der Waals surface area contributed by atoms with E-state index < -0.39 is 0 Å². The van der Waals surface area contributed by atoms with Crippen LogP contribution in [0.1, 0.15) is 28.2 Å². The summed E-state index contributed by atoms with van der Waals surface area (Å²) < 4.78 is 23.5. The van der Waals surface area contributed by atoms with Gasteiger partial charge in [0, 0.05) is 23.9 Å². The minimum atomic E-state index is -0.332. The number of hydrogen-bond acceptors (Lipinski definition) is 9. The number of fused-ring (bicyclic) bond motifs is 1. The van der Waals surface area contributed by atoms with Gasteiger partial charge in [-0.05, 0) is 54.8 Å². The molecule has 0 aliphatic carbocycles. The van der Waals surface area contributed by atoms with Gasteiger partial charge < -0.3 is 29.2 Å². The van der Waals surface area contributed by atoms with E-state index in [9.17, 15) is 9.59 Å². The molecule has 1 aromatic heterocycles. The molecule has 0 unspecified atom stereocenters. The summed E-state index contributed by atoms with van der Waals surface area (Å²) in [5.41, 5.74) is 3.13. The van der Waals surface area contributed by atoms with Crippen LogP contribution in [0.2, 0.25) is 0 Å². The predicted molar refractivity (Wildman–Crippen MR) is 163 cm³/mol. The van der Waals surface area contributed by atoms with Crippen LogP contribution in [0.25, 0.3) is 5.69 Å². The Morgan fingerprint density at radius 2 is 1.63 bits per heavy atom. The van der Waals surface area contributed by atoms with Gasteiger partial charge in [-0.1, -0.05) is 30.0 Å². The summed E-state index contributed by atoms with van der Waals surface area (Å²) in [6.07, 6.45) is 1.87. The largest absolute Gasteiger partial charge is 0.497 e. The summed E-state index contributed by atoms with van der Waals surface area (Å²) in [4.78, 5) is 28.3. The number of methoxy groups -OCH3 is 4. The summed E-state index contributed by atoms with van der Waals surface area (Å²) in [6, 6.07) is 18.3. The van der Waals surface area contributed by atoms with Gasteiger partial charge in [0.1, 0.15) is 11.5 Å². The molecule has 0 bridgehead atoms. The summed E-state index contributed by atoms with van der Waals surface area (Å²) in [7, 11) is 6.19. The van der Waals surface area contributed by atoms with E-state index in [1.807, 2.05) is 23.1 Å². The Balaban J connectivity index is 1.41. The van der Waals surface area contributed by atoms with Crippen LogP contribution in [0.4, 0.5) is 5.69 Å². The first-order chi connectivity index (χ1) is 21.0. The van der Waals surface area contributed by atoms with E-state index >= 15 is 0 Å². The van der Waals surface area contributed by atoms with Crippen molar-refractivity contribution in [2.75, 3.05) is 45.6 Å². The van der Waals surface area contributed by atoms with E-state index in [1.165, 1.54) is 31.5 Å². The number of aromatic nitrogens is 3. The van der Waals surface area contributed by atoms with E-state index in [-0.39, 0.29) is 24.1 Å². The van der Waals surface area contributed by atoms with E-state index in [2.05, 4.69) is 21.6 Å². The second-order valence-corrected chi connectivity index (χ2v) is 10.5. The molecule has 1 aliphatic heterocycles. The first-order valence-electron chi connectivity index (χ1n) is 13.6. The smallest absolute Gasteiger partial charge is 0.251 e. The maximum Gasteiger partial charge on any atom is 0.251 e. The number of rotatable bonds is 11. The molecule has 1 aliphatic rings. The second-order valence-electron chi connectivity index (χ2n) is 9.59. The Morgan fingerprint density at radius 3 is 2.40 bits per heavy atom. The van der Waals surface area contributed by atoms with Crippen molar-refractivity contribution in [2.45, 2.75) is 24.5 Å². The van der Waals surface area contributed by atoms with E-state index in [0.29, 0.717) is 51.8 Å². The second kappa shape index (κ2) is 13.5. The van der Waals surface area contributed by atoms with Gasteiger partial charge in [-0.2, -0.15) is 0 Å². The van der Waals surface area contributed by atoms with Gasteiger partial charge in [0.05, 0.1) is 46.4 Å². The zero-order valence-electron chi connectivity index (χ0n) is 24.5. The molecule has 0 atom stereocenters. The Labute approximate surface area is 254 Å². The highest BCUT2D eigenvalue weighted by molar-refractivity contribution is 7.99. The highest BCUT2D eigenvalue weighted by Gasteiger charge is 2.25. The molecule has 0 radical (unpaired) electrons. The van der Waals surface area contributed by atoms with E-state index in [4.69, 9.17) is 18.9 Å². The molecule has 5 rings (SSSR count). The number of nitrogens with one attached hydrogen (secondary N) is 1. The predicted octanol–water partition coefficient (Wildman–Crippen LogP) is 4.30. The number of nitrogens with zero attached hydrogens (tertiary/aromatic N) is 4. The number of amides is 2. The molecule has 0 spiro atoms. The summed E-state index contributed by atoms with van der Waals surface area (Å²) in [5, 5.41) is 12.2. The van der Waals surface area contributed by atoms with Crippen LogP contribution in [-0.2, 0) is 17.8 Å². The Bertz CT molecular complexity index is 1620. The third-order valence-electron chi connectivity index (χ3n) is 7.12. The molecule has 12 heteroatoms. The Hall–Kier alpha value is -4.71. The van der Waals surface area contributed by atoms with Gasteiger partial charge in [-0.3, -0.25) is 14.2 Å². The van der Waals surface area contributed by atoms with Crippen molar-refractivity contribution < 1.29 is 28.5 Å². The molecule has 0 saturated carbocycles. The maximum atomic E-state index is 13.4. The van der Waals surface area contributed by atoms with Crippen LogP contribution in [0.5, 0.6) is 23.0 Å². The van der Waals surface area contributed by atoms with Gasteiger partial charge in [-0.25, -0.2) is 0 Å². The van der Waals surface area contributed by atoms with Crippen molar-refractivity contribution >= 4 is 29.3 Å². The number of para-hydroxylation sites is 1. The SMILES string of the molecule is COc1ccc(OC)c(-n2c(CNC(=O)c3ccc(OC)c(OC)c3)nnc2SCC(=O)N2CCCc3ccccc32)c1. The molecule has 0 fully saturated rings. The maximum absolute atomic E-state index is 13.4. The lowest BCUT2D eigenvalue weighted by molar-refractivity contribution is -0.116. The minimum absolute atomic E-state index is 0.0207. The van der Waals surface area contributed by atoms with E-state index in [1.54, 1.807) is 55.2 Å². The third kappa shape index (κ3) is 6.38. The van der Waals surface area contributed by atoms with Crippen LogP contribution in [0, 0.1) is 0 Å². The van der Waals surface area contributed by atoms with Gasteiger partial charge >= 0.3 is 0 Å². The minimum Gasteiger partial charge on any atom is -0.497 e.